The maximum atomic E-state index is 14.4. The molecule has 2 aliphatic heterocycles. The molecule has 0 unspecified atom stereocenters. The molecule has 1 spiro atoms. The molecule has 0 radical (unpaired) electrons. The Kier molecular flexibility index (Phi) is 5.72. The lowest BCUT2D eigenvalue weighted by Crippen LogP contribution is -2.48. The maximum Gasteiger partial charge on any atom is 0.297 e. The van der Waals surface area contributed by atoms with E-state index in [-0.39, 0.29) is 5.56 Å². The Morgan fingerprint density at radius 1 is 1.36 bits per heavy atom. The zero-order valence-corrected chi connectivity index (χ0v) is 19.4. The number of likely N-dealkylation sites (tertiary alicyclic amines) is 1. The normalized spacial score (nSPS) is 19.9. The van der Waals surface area contributed by atoms with Crippen molar-refractivity contribution in [1.82, 2.24) is 19.7 Å². The minimum Gasteiger partial charge on any atom is -0.411 e. The SMILES string of the molecule is Cc1nn(-c2ncccc2/C=N/O)cc1CN1CCC2(CC1)OCC(F)(F)c1cc(Cl)sc12. The molecular formula is C22H22ClF2N5O2S. The fourth-order valence-electron chi connectivity index (χ4n) is 4.55. The van der Waals surface area contributed by atoms with E-state index in [1.54, 1.807) is 23.0 Å². The fraction of sp³-hybridized carbons (Fsp3) is 0.409. The maximum absolute atomic E-state index is 14.4. The van der Waals surface area contributed by atoms with Gasteiger partial charge < -0.3 is 9.94 Å². The lowest BCUT2D eigenvalue weighted by atomic mass is 9.84. The van der Waals surface area contributed by atoms with Crippen LogP contribution in [0.1, 0.15) is 40.1 Å². The van der Waals surface area contributed by atoms with Crippen molar-refractivity contribution in [3.05, 3.63) is 62.2 Å². The Morgan fingerprint density at radius 2 is 2.15 bits per heavy atom. The number of halogens is 3. The third-order valence-corrected chi connectivity index (χ3v) is 7.78. The Labute approximate surface area is 198 Å². The first-order valence-electron chi connectivity index (χ1n) is 10.5. The average molecular weight is 494 g/mol. The van der Waals surface area contributed by atoms with Crippen molar-refractivity contribution in [1.29, 1.82) is 0 Å². The predicted molar refractivity (Wildman–Crippen MR) is 121 cm³/mol. The number of piperidine rings is 1. The van der Waals surface area contributed by atoms with Gasteiger partial charge in [0.05, 0.1) is 16.2 Å². The van der Waals surface area contributed by atoms with Crippen molar-refractivity contribution in [2.75, 3.05) is 19.7 Å². The first kappa shape index (κ1) is 22.4. The van der Waals surface area contributed by atoms with Gasteiger partial charge in [-0.1, -0.05) is 16.8 Å². The zero-order valence-electron chi connectivity index (χ0n) is 17.8. The summed E-state index contributed by atoms with van der Waals surface area (Å²) in [5.74, 6) is -2.43. The summed E-state index contributed by atoms with van der Waals surface area (Å²) in [4.78, 5) is 7.20. The molecular weight excluding hydrogens is 472 g/mol. The Morgan fingerprint density at radius 3 is 2.91 bits per heavy atom. The summed E-state index contributed by atoms with van der Waals surface area (Å²) in [5.41, 5.74) is 1.88. The van der Waals surface area contributed by atoms with E-state index in [0.29, 0.717) is 53.1 Å². The van der Waals surface area contributed by atoms with Crippen LogP contribution in [0.4, 0.5) is 8.78 Å². The molecule has 5 heterocycles. The summed E-state index contributed by atoms with van der Waals surface area (Å²) in [7, 11) is 0. The van der Waals surface area contributed by atoms with Crippen LogP contribution >= 0.6 is 22.9 Å². The van der Waals surface area contributed by atoms with Gasteiger partial charge in [-0.15, -0.1) is 11.3 Å². The number of ether oxygens (including phenoxy) is 1. The molecule has 2 aliphatic rings. The molecule has 0 amide bonds. The highest BCUT2D eigenvalue weighted by atomic mass is 35.5. The lowest BCUT2D eigenvalue weighted by Gasteiger charge is -2.45. The summed E-state index contributed by atoms with van der Waals surface area (Å²) in [6.45, 7) is 3.41. The third-order valence-electron chi connectivity index (χ3n) is 6.33. The van der Waals surface area contributed by atoms with Crippen molar-refractivity contribution in [2.24, 2.45) is 5.16 Å². The second-order valence-corrected chi connectivity index (χ2v) is 10.1. The number of hydrogen-bond acceptors (Lipinski definition) is 7. The Balaban J connectivity index is 1.32. The highest BCUT2D eigenvalue weighted by Gasteiger charge is 2.51. The van der Waals surface area contributed by atoms with E-state index < -0.39 is 18.1 Å². The molecule has 5 rings (SSSR count). The van der Waals surface area contributed by atoms with Crippen LogP contribution in [0.15, 0.2) is 35.7 Å². The van der Waals surface area contributed by atoms with Crippen LogP contribution in [-0.2, 0) is 22.8 Å². The van der Waals surface area contributed by atoms with Crippen LogP contribution in [0.5, 0.6) is 0 Å². The fourth-order valence-corrected chi connectivity index (χ4v) is 6.03. The van der Waals surface area contributed by atoms with Crippen molar-refractivity contribution in [3.63, 3.8) is 0 Å². The van der Waals surface area contributed by atoms with Gasteiger partial charge in [-0.05, 0) is 38.0 Å². The summed E-state index contributed by atoms with van der Waals surface area (Å²) in [6, 6.07) is 4.95. The van der Waals surface area contributed by atoms with Gasteiger partial charge in [0.25, 0.3) is 5.92 Å². The van der Waals surface area contributed by atoms with Crippen LogP contribution < -0.4 is 0 Å². The van der Waals surface area contributed by atoms with E-state index in [1.807, 2.05) is 13.1 Å². The zero-order chi connectivity index (χ0) is 23.2. The van der Waals surface area contributed by atoms with Gasteiger partial charge >= 0.3 is 0 Å². The molecule has 0 bridgehead atoms. The van der Waals surface area contributed by atoms with E-state index >= 15 is 0 Å². The van der Waals surface area contributed by atoms with Crippen molar-refractivity contribution >= 4 is 29.2 Å². The highest BCUT2D eigenvalue weighted by molar-refractivity contribution is 7.16. The number of hydrogen-bond donors (Lipinski definition) is 1. The predicted octanol–water partition coefficient (Wildman–Crippen LogP) is 4.71. The van der Waals surface area contributed by atoms with Crippen LogP contribution in [0.25, 0.3) is 5.82 Å². The van der Waals surface area contributed by atoms with Gasteiger partial charge in [-0.25, -0.2) is 9.67 Å². The van der Waals surface area contributed by atoms with Crippen molar-refractivity contribution in [2.45, 2.75) is 37.8 Å². The average Bonchev–Trinajstić information content (AvgIpc) is 3.37. The first-order valence-corrected chi connectivity index (χ1v) is 11.7. The standard InChI is InChI=1S/C22H22ClF2N5O2S/c1-14-16(12-30(28-14)20-15(10-27-31)3-2-6-26-20)11-29-7-4-21(5-8-29)19-17(9-18(23)33-19)22(24,25)13-32-21/h2-3,6,9-10,12,31H,4-5,7-8,11,13H2,1H3/b27-10+. The highest BCUT2D eigenvalue weighted by Crippen LogP contribution is 2.52. The quantitative estimate of drug-likeness (QED) is 0.323. The van der Waals surface area contributed by atoms with Gasteiger partial charge in [-0.2, -0.15) is 13.9 Å². The van der Waals surface area contributed by atoms with Crippen LogP contribution in [0.2, 0.25) is 4.34 Å². The largest absolute Gasteiger partial charge is 0.411 e. The van der Waals surface area contributed by atoms with Gasteiger partial charge in [0, 0.05) is 53.6 Å². The molecule has 11 heteroatoms. The molecule has 1 fully saturated rings. The molecule has 3 aromatic rings. The number of oxime groups is 1. The van der Waals surface area contributed by atoms with Gasteiger partial charge in [-0.3, -0.25) is 4.90 Å². The number of nitrogens with zero attached hydrogens (tertiary/aromatic N) is 5. The molecule has 0 saturated carbocycles. The number of pyridine rings is 1. The minimum absolute atomic E-state index is 0.0203. The smallest absolute Gasteiger partial charge is 0.297 e. The molecule has 7 nitrogen and oxygen atoms in total. The van der Waals surface area contributed by atoms with E-state index in [1.165, 1.54) is 23.6 Å². The van der Waals surface area contributed by atoms with E-state index in [9.17, 15) is 8.78 Å². The minimum atomic E-state index is -3.00. The Hall–Kier alpha value is -2.40. The number of aromatic nitrogens is 3. The molecule has 174 valence electrons. The Bertz CT molecular complexity index is 1200. The third kappa shape index (κ3) is 4.05. The molecule has 3 aromatic heterocycles. The molecule has 33 heavy (non-hydrogen) atoms. The molecule has 1 N–H and O–H groups in total. The first-order chi connectivity index (χ1) is 15.8. The molecule has 0 aliphatic carbocycles. The van der Waals surface area contributed by atoms with Crippen LogP contribution in [0, 0.1) is 6.92 Å². The summed E-state index contributed by atoms with van der Waals surface area (Å²) >= 11 is 7.31. The topological polar surface area (TPSA) is 75.8 Å². The molecule has 0 atom stereocenters. The number of fused-ring (bicyclic) bond motifs is 2. The number of alkyl halides is 2. The summed E-state index contributed by atoms with van der Waals surface area (Å²) in [6.07, 6.45) is 6.14. The van der Waals surface area contributed by atoms with E-state index in [4.69, 9.17) is 21.5 Å². The van der Waals surface area contributed by atoms with Gasteiger partial charge in [0.1, 0.15) is 12.2 Å². The monoisotopic (exact) mass is 493 g/mol. The van der Waals surface area contributed by atoms with Crippen LogP contribution in [-0.4, -0.2) is 50.8 Å². The molecule has 1 saturated heterocycles. The summed E-state index contributed by atoms with van der Waals surface area (Å²) < 4.78 is 36.6. The number of thiophene rings is 1. The van der Waals surface area contributed by atoms with Gasteiger partial charge in [0.2, 0.25) is 0 Å². The lowest BCUT2D eigenvalue weighted by molar-refractivity contribution is -0.182. The van der Waals surface area contributed by atoms with Crippen molar-refractivity contribution < 1.29 is 18.7 Å². The van der Waals surface area contributed by atoms with Gasteiger partial charge in [0.15, 0.2) is 5.82 Å². The number of aryl methyl sites for hydroxylation is 1. The van der Waals surface area contributed by atoms with Crippen molar-refractivity contribution in [3.8, 4) is 5.82 Å². The number of rotatable bonds is 4. The van der Waals surface area contributed by atoms with E-state index in [0.717, 1.165) is 11.3 Å². The second-order valence-electron chi connectivity index (χ2n) is 8.40. The summed E-state index contributed by atoms with van der Waals surface area (Å²) in [5, 5.41) is 16.6. The van der Waals surface area contributed by atoms with Crippen LogP contribution in [0.3, 0.4) is 0 Å². The van der Waals surface area contributed by atoms with E-state index in [2.05, 4.69) is 20.1 Å². The molecule has 0 aromatic carbocycles. The second kappa shape index (κ2) is 8.43.